The minimum Gasteiger partial charge on any atom is -0.366 e. The molecule has 0 radical (unpaired) electrons. The van der Waals surface area contributed by atoms with Crippen LogP contribution in [0.5, 0.6) is 0 Å². The van der Waals surface area contributed by atoms with Gasteiger partial charge in [0.25, 0.3) is 0 Å². The lowest BCUT2D eigenvalue weighted by Crippen LogP contribution is -2.44. The molecule has 0 aromatic heterocycles. The lowest BCUT2D eigenvalue weighted by molar-refractivity contribution is -0.120. The molecule has 1 aliphatic carbocycles. The fraction of sp³-hybridized carbons (Fsp3) is 0.588. The lowest BCUT2D eigenvalue weighted by Gasteiger charge is -2.27. The maximum Gasteiger partial charge on any atom is 0.234 e. The molecule has 23 heavy (non-hydrogen) atoms. The van der Waals surface area contributed by atoms with Gasteiger partial charge in [-0.2, -0.15) is 0 Å². The predicted molar refractivity (Wildman–Crippen MR) is 100 cm³/mol. The number of nitrogens with zero attached hydrogens (tertiary/aromatic N) is 1. The fourth-order valence-corrected chi connectivity index (χ4v) is 2.97. The second-order valence-corrected chi connectivity index (χ2v) is 6.30. The highest BCUT2D eigenvalue weighted by atomic mass is 35.5. The van der Waals surface area contributed by atoms with E-state index in [1.165, 1.54) is 24.1 Å². The standard InChI is InChI=1S/C17H25N3O.2ClH/c1-13(10-19-17(21)12-18-11-14-6-7-14)20-9-8-15-4-2-3-5-16(15)20;;/h2-5,13-14,18H,6-12H2,1H3,(H,19,21);2*1H. The van der Waals surface area contributed by atoms with Crippen LogP contribution >= 0.6 is 24.8 Å². The van der Waals surface area contributed by atoms with Gasteiger partial charge in [0.15, 0.2) is 0 Å². The lowest BCUT2D eigenvalue weighted by atomic mass is 10.2. The first-order valence-corrected chi connectivity index (χ1v) is 8.06. The Bertz CT molecular complexity index is 508. The molecule has 0 spiro atoms. The number of benzene rings is 1. The van der Waals surface area contributed by atoms with Crippen LogP contribution in [-0.4, -0.2) is 38.1 Å². The second kappa shape index (κ2) is 9.36. The molecular weight excluding hydrogens is 333 g/mol. The van der Waals surface area contributed by atoms with Crippen molar-refractivity contribution in [1.82, 2.24) is 10.6 Å². The molecule has 0 saturated heterocycles. The Kier molecular flexibility index (Phi) is 8.17. The minimum atomic E-state index is 0. The summed E-state index contributed by atoms with van der Waals surface area (Å²) < 4.78 is 0. The van der Waals surface area contributed by atoms with E-state index in [9.17, 15) is 4.79 Å². The number of hydrogen-bond donors (Lipinski definition) is 2. The first-order chi connectivity index (χ1) is 10.2. The van der Waals surface area contributed by atoms with Crippen molar-refractivity contribution >= 4 is 36.4 Å². The average molecular weight is 360 g/mol. The maximum atomic E-state index is 11.8. The molecule has 1 aliphatic heterocycles. The fourth-order valence-electron chi connectivity index (χ4n) is 2.97. The molecule has 4 nitrogen and oxygen atoms in total. The van der Waals surface area contributed by atoms with Gasteiger partial charge in [-0.15, -0.1) is 24.8 Å². The van der Waals surface area contributed by atoms with E-state index in [1.54, 1.807) is 0 Å². The SMILES string of the molecule is CC(CNC(=O)CNCC1CC1)N1CCc2ccccc21.Cl.Cl. The van der Waals surface area contributed by atoms with Crippen LogP contribution in [0.25, 0.3) is 0 Å². The smallest absolute Gasteiger partial charge is 0.234 e. The number of amides is 1. The van der Waals surface area contributed by atoms with Crippen LogP contribution in [-0.2, 0) is 11.2 Å². The molecular formula is C17H27Cl2N3O. The molecule has 0 bridgehead atoms. The Labute approximate surface area is 151 Å². The molecule has 1 aromatic rings. The largest absolute Gasteiger partial charge is 0.366 e. The Hall–Kier alpha value is -0.970. The van der Waals surface area contributed by atoms with E-state index in [0.717, 1.165) is 25.4 Å². The number of para-hydroxylation sites is 1. The Balaban J connectivity index is 0.00000132. The summed E-state index contributed by atoms with van der Waals surface area (Å²) in [5.41, 5.74) is 2.74. The predicted octanol–water partition coefficient (Wildman–Crippen LogP) is 2.40. The number of anilines is 1. The number of rotatable bonds is 7. The number of halogens is 2. The summed E-state index contributed by atoms with van der Waals surface area (Å²) in [7, 11) is 0. The number of hydrogen-bond acceptors (Lipinski definition) is 3. The zero-order valence-corrected chi connectivity index (χ0v) is 15.2. The van der Waals surface area contributed by atoms with Gasteiger partial charge in [0, 0.05) is 24.8 Å². The first kappa shape index (κ1) is 20.1. The van der Waals surface area contributed by atoms with Crippen LogP contribution in [0.15, 0.2) is 24.3 Å². The highest BCUT2D eigenvalue weighted by Crippen LogP contribution is 2.29. The Morgan fingerprint density at radius 3 is 2.78 bits per heavy atom. The van der Waals surface area contributed by atoms with Crippen LogP contribution in [0.3, 0.4) is 0 Å². The van der Waals surface area contributed by atoms with Gasteiger partial charge in [-0.05, 0) is 50.3 Å². The minimum absolute atomic E-state index is 0. The van der Waals surface area contributed by atoms with Gasteiger partial charge in [0.05, 0.1) is 6.54 Å². The van der Waals surface area contributed by atoms with Gasteiger partial charge in [-0.3, -0.25) is 4.79 Å². The van der Waals surface area contributed by atoms with E-state index < -0.39 is 0 Å². The van der Waals surface area contributed by atoms with E-state index in [-0.39, 0.29) is 30.7 Å². The topological polar surface area (TPSA) is 44.4 Å². The molecule has 3 rings (SSSR count). The first-order valence-electron chi connectivity index (χ1n) is 8.06. The molecule has 2 aliphatic rings. The van der Waals surface area contributed by atoms with Crippen molar-refractivity contribution in [2.75, 3.05) is 31.1 Å². The molecule has 1 atom stereocenters. The van der Waals surface area contributed by atoms with Crippen molar-refractivity contribution < 1.29 is 4.79 Å². The van der Waals surface area contributed by atoms with Crippen molar-refractivity contribution in [2.24, 2.45) is 5.92 Å². The summed E-state index contributed by atoms with van der Waals surface area (Å²) in [6, 6.07) is 8.89. The number of carbonyl (C=O) groups is 1. The summed E-state index contributed by atoms with van der Waals surface area (Å²) in [6.07, 6.45) is 3.75. The molecule has 1 saturated carbocycles. The number of fused-ring (bicyclic) bond motifs is 1. The molecule has 1 fully saturated rings. The number of carbonyl (C=O) groups excluding carboxylic acids is 1. The maximum absolute atomic E-state index is 11.8. The third kappa shape index (κ3) is 5.55. The Morgan fingerprint density at radius 1 is 1.30 bits per heavy atom. The molecule has 1 aromatic carbocycles. The highest BCUT2D eigenvalue weighted by Gasteiger charge is 2.23. The normalized spacial score (nSPS) is 16.8. The van der Waals surface area contributed by atoms with Gasteiger partial charge >= 0.3 is 0 Å². The number of nitrogens with one attached hydrogen (secondary N) is 2. The third-order valence-corrected chi connectivity index (χ3v) is 4.47. The second-order valence-electron chi connectivity index (χ2n) is 6.30. The van der Waals surface area contributed by atoms with Crippen molar-refractivity contribution in [1.29, 1.82) is 0 Å². The monoisotopic (exact) mass is 359 g/mol. The summed E-state index contributed by atoms with van der Waals surface area (Å²) in [6.45, 7) is 5.37. The molecule has 1 amide bonds. The van der Waals surface area contributed by atoms with Gasteiger partial charge in [-0.25, -0.2) is 0 Å². The van der Waals surface area contributed by atoms with E-state index in [4.69, 9.17) is 0 Å². The van der Waals surface area contributed by atoms with E-state index >= 15 is 0 Å². The summed E-state index contributed by atoms with van der Waals surface area (Å²) in [5, 5.41) is 6.27. The van der Waals surface area contributed by atoms with Crippen LogP contribution in [0, 0.1) is 5.92 Å². The highest BCUT2D eigenvalue weighted by molar-refractivity contribution is 5.85. The van der Waals surface area contributed by atoms with Crippen molar-refractivity contribution in [2.45, 2.75) is 32.2 Å². The van der Waals surface area contributed by atoms with Crippen LogP contribution in [0.4, 0.5) is 5.69 Å². The van der Waals surface area contributed by atoms with Crippen molar-refractivity contribution in [3.8, 4) is 0 Å². The molecule has 6 heteroatoms. The average Bonchev–Trinajstić information content (AvgIpc) is 3.21. The molecule has 1 unspecified atom stereocenters. The van der Waals surface area contributed by atoms with Gasteiger partial charge in [0.1, 0.15) is 0 Å². The van der Waals surface area contributed by atoms with Crippen LogP contribution in [0.1, 0.15) is 25.3 Å². The zero-order chi connectivity index (χ0) is 14.7. The van der Waals surface area contributed by atoms with Gasteiger partial charge < -0.3 is 15.5 Å². The van der Waals surface area contributed by atoms with Crippen molar-refractivity contribution in [3.63, 3.8) is 0 Å². The van der Waals surface area contributed by atoms with E-state index in [0.29, 0.717) is 19.1 Å². The summed E-state index contributed by atoms with van der Waals surface area (Å²) in [5.74, 6) is 0.924. The van der Waals surface area contributed by atoms with Crippen LogP contribution in [0.2, 0.25) is 0 Å². The van der Waals surface area contributed by atoms with E-state index in [2.05, 4.69) is 46.7 Å². The molecule has 130 valence electrons. The van der Waals surface area contributed by atoms with Gasteiger partial charge in [0.2, 0.25) is 5.91 Å². The summed E-state index contributed by atoms with van der Waals surface area (Å²) in [4.78, 5) is 14.2. The van der Waals surface area contributed by atoms with Gasteiger partial charge in [-0.1, -0.05) is 18.2 Å². The van der Waals surface area contributed by atoms with E-state index in [1.807, 2.05) is 0 Å². The summed E-state index contributed by atoms with van der Waals surface area (Å²) >= 11 is 0. The van der Waals surface area contributed by atoms with Crippen molar-refractivity contribution in [3.05, 3.63) is 29.8 Å². The van der Waals surface area contributed by atoms with Crippen LogP contribution < -0.4 is 15.5 Å². The molecule has 1 heterocycles. The zero-order valence-electron chi connectivity index (χ0n) is 13.6. The Morgan fingerprint density at radius 2 is 2.04 bits per heavy atom. The molecule has 2 N–H and O–H groups in total. The third-order valence-electron chi connectivity index (χ3n) is 4.47. The quantitative estimate of drug-likeness (QED) is 0.785.